The van der Waals surface area contributed by atoms with Gasteiger partial charge in [0.2, 0.25) is 0 Å². The fourth-order valence-corrected chi connectivity index (χ4v) is 2.99. The zero-order valence-corrected chi connectivity index (χ0v) is 20.3. The van der Waals surface area contributed by atoms with Crippen LogP contribution in [-0.2, 0) is 9.59 Å². The summed E-state index contributed by atoms with van der Waals surface area (Å²) in [4.78, 5) is 24.6. The maximum absolute atomic E-state index is 12.3. The van der Waals surface area contributed by atoms with E-state index in [1.165, 1.54) is 12.2 Å². The van der Waals surface area contributed by atoms with Gasteiger partial charge in [0.15, 0.2) is 34.6 Å². The van der Waals surface area contributed by atoms with Crippen LogP contribution in [0.3, 0.4) is 0 Å². The van der Waals surface area contributed by atoms with Crippen molar-refractivity contribution in [2.24, 2.45) is 11.5 Å². The molecule has 0 heterocycles. The molecule has 0 unspecified atom stereocenters. The molecule has 4 N–H and O–H groups in total. The van der Waals surface area contributed by atoms with Crippen molar-refractivity contribution in [1.82, 2.24) is 0 Å². The molecule has 188 valence electrons. The molecular formula is C27H34N2O6. The average molecular weight is 483 g/mol. The van der Waals surface area contributed by atoms with E-state index in [1.54, 1.807) is 49.6 Å². The lowest BCUT2D eigenvalue weighted by Crippen LogP contribution is -2.13. The standard InChI is InChI=1S/C27H34N2O6/c1-3-14-33-26-17-20(6-10-24(26)32-2)4-8-22(30)19-23(31)9-5-21-7-11-25(34-15-12-28)27(18-21)35-16-13-29/h4-11,17-18H,3,12-16,19,28-29H2,1-2H3/b8-4+,9-5+. The normalized spacial score (nSPS) is 11.1. The third-order valence-electron chi connectivity index (χ3n) is 4.64. The van der Waals surface area contributed by atoms with Crippen molar-refractivity contribution in [3.63, 3.8) is 0 Å². The Balaban J connectivity index is 1.99. The van der Waals surface area contributed by atoms with E-state index in [1.807, 2.05) is 13.0 Å². The molecule has 0 aliphatic carbocycles. The number of hydrogen-bond donors (Lipinski definition) is 2. The van der Waals surface area contributed by atoms with E-state index in [2.05, 4.69) is 0 Å². The lowest BCUT2D eigenvalue weighted by Gasteiger charge is -2.12. The van der Waals surface area contributed by atoms with Crippen LogP contribution in [0.15, 0.2) is 48.6 Å². The number of carbonyl (C=O) groups excluding carboxylic acids is 2. The van der Waals surface area contributed by atoms with Gasteiger partial charge in [0.05, 0.1) is 20.1 Å². The summed E-state index contributed by atoms with van der Waals surface area (Å²) in [5, 5.41) is 0. The summed E-state index contributed by atoms with van der Waals surface area (Å²) in [6, 6.07) is 10.7. The van der Waals surface area contributed by atoms with E-state index in [-0.39, 0.29) is 18.0 Å². The maximum atomic E-state index is 12.3. The number of methoxy groups -OCH3 is 1. The summed E-state index contributed by atoms with van der Waals surface area (Å²) in [6.45, 7) is 3.99. The Hall–Kier alpha value is -3.62. The zero-order valence-electron chi connectivity index (χ0n) is 20.3. The second kappa shape index (κ2) is 15.3. The molecule has 0 bridgehead atoms. The fourth-order valence-electron chi connectivity index (χ4n) is 2.99. The molecule has 8 nitrogen and oxygen atoms in total. The summed E-state index contributed by atoms with van der Waals surface area (Å²) in [5.41, 5.74) is 12.5. The molecule has 2 rings (SSSR count). The molecule has 0 saturated heterocycles. The van der Waals surface area contributed by atoms with Crippen molar-refractivity contribution < 1.29 is 28.5 Å². The highest BCUT2D eigenvalue weighted by molar-refractivity contribution is 6.10. The van der Waals surface area contributed by atoms with Gasteiger partial charge in [0.25, 0.3) is 0 Å². The third-order valence-corrected chi connectivity index (χ3v) is 4.64. The largest absolute Gasteiger partial charge is 0.493 e. The first-order valence-corrected chi connectivity index (χ1v) is 11.5. The number of carbonyl (C=O) groups is 2. The topological polar surface area (TPSA) is 123 Å². The van der Waals surface area contributed by atoms with Crippen LogP contribution in [0.4, 0.5) is 0 Å². The van der Waals surface area contributed by atoms with Crippen molar-refractivity contribution >= 4 is 23.7 Å². The van der Waals surface area contributed by atoms with Gasteiger partial charge in [-0.25, -0.2) is 0 Å². The molecule has 0 radical (unpaired) electrons. The molecule has 8 heteroatoms. The Kier molecular flexibility index (Phi) is 12.1. The SMILES string of the molecule is CCCOc1cc(/C=C/C(=O)CC(=O)/C=C/c2ccc(OCCN)c(OCCN)c2)ccc1OC. The minimum absolute atomic E-state index is 0.240. The minimum Gasteiger partial charge on any atom is -0.493 e. The van der Waals surface area contributed by atoms with Crippen LogP contribution in [0.25, 0.3) is 12.2 Å². The summed E-state index contributed by atoms with van der Waals surface area (Å²) < 4.78 is 22.2. The van der Waals surface area contributed by atoms with Crippen LogP contribution in [-0.4, -0.2) is 51.6 Å². The van der Waals surface area contributed by atoms with Crippen molar-refractivity contribution in [2.45, 2.75) is 19.8 Å². The first kappa shape index (κ1) is 27.6. The summed E-state index contributed by atoms with van der Waals surface area (Å²) in [5.74, 6) is 1.68. The van der Waals surface area contributed by atoms with Crippen LogP contribution in [0, 0.1) is 0 Å². The second-order valence-electron chi connectivity index (χ2n) is 7.52. The van der Waals surface area contributed by atoms with Crippen molar-refractivity contribution in [1.29, 1.82) is 0 Å². The fraction of sp³-hybridized carbons (Fsp3) is 0.333. The van der Waals surface area contributed by atoms with Crippen LogP contribution in [0.5, 0.6) is 23.0 Å². The lowest BCUT2D eigenvalue weighted by molar-refractivity contribution is -0.121. The van der Waals surface area contributed by atoms with E-state index < -0.39 is 0 Å². The lowest BCUT2D eigenvalue weighted by atomic mass is 10.1. The number of hydrogen-bond acceptors (Lipinski definition) is 8. The monoisotopic (exact) mass is 482 g/mol. The predicted molar refractivity (Wildman–Crippen MR) is 137 cm³/mol. The highest BCUT2D eigenvalue weighted by Gasteiger charge is 2.08. The van der Waals surface area contributed by atoms with Crippen molar-refractivity contribution in [3.8, 4) is 23.0 Å². The van der Waals surface area contributed by atoms with Gasteiger partial charge in [-0.15, -0.1) is 0 Å². The molecule has 2 aromatic rings. The quantitative estimate of drug-likeness (QED) is 0.276. The van der Waals surface area contributed by atoms with Gasteiger partial charge in [0.1, 0.15) is 13.2 Å². The maximum Gasteiger partial charge on any atom is 0.163 e. The van der Waals surface area contributed by atoms with Crippen LogP contribution in [0.2, 0.25) is 0 Å². The smallest absolute Gasteiger partial charge is 0.163 e. The molecular weight excluding hydrogens is 448 g/mol. The molecule has 0 aromatic heterocycles. The van der Waals surface area contributed by atoms with Gasteiger partial charge in [-0.3, -0.25) is 9.59 Å². The molecule has 2 aromatic carbocycles. The molecule has 0 amide bonds. The zero-order chi connectivity index (χ0) is 25.5. The Labute approximate surface area is 206 Å². The van der Waals surface area contributed by atoms with E-state index in [4.69, 9.17) is 30.4 Å². The predicted octanol–water partition coefficient (Wildman–Crippen LogP) is 3.41. The van der Waals surface area contributed by atoms with Crippen molar-refractivity contribution in [3.05, 3.63) is 59.7 Å². The van der Waals surface area contributed by atoms with E-state index in [9.17, 15) is 9.59 Å². The molecule has 0 fully saturated rings. The summed E-state index contributed by atoms with van der Waals surface area (Å²) in [7, 11) is 1.57. The Morgan fingerprint density at radius 2 is 1.23 bits per heavy atom. The Morgan fingerprint density at radius 1 is 0.743 bits per heavy atom. The minimum atomic E-state index is -0.311. The van der Waals surface area contributed by atoms with Gasteiger partial charge >= 0.3 is 0 Å². The van der Waals surface area contributed by atoms with Gasteiger partial charge in [-0.2, -0.15) is 0 Å². The first-order chi connectivity index (χ1) is 17.0. The highest BCUT2D eigenvalue weighted by Crippen LogP contribution is 2.30. The number of benzene rings is 2. The molecule has 0 aliphatic rings. The summed E-state index contributed by atoms with van der Waals surface area (Å²) >= 11 is 0. The number of ketones is 2. The number of ether oxygens (including phenoxy) is 4. The number of nitrogens with two attached hydrogens (primary N) is 2. The van der Waals surface area contributed by atoms with E-state index >= 15 is 0 Å². The Bertz CT molecular complexity index is 1030. The van der Waals surface area contributed by atoms with E-state index in [0.717, 1.165) is 17.5 Å². The van der Waals surface area contributed by atoms with Crippen molar-refractivity contribution in [2.75, 3.05) is 40.0 Å². The second-order valence-corrected chi connectivity index (χ2v) is 7.52. The van der Waals surface area contributed by atoms with E-state index in [0.29, 0.717) is 55.9 Å². The van der Waals surface area contributed by atoms with Gasteiger partial charge in [0, 0.05) is 13.1 Å². The third kappa shape index (κ3) is 9.64. The number of allylic oxidation sites excluding steroid dienone is 2. The Morgan fingerprint density at radius 3 is 1.74 bits per heavy atom. The molecule has 0 spiro atoms. The van der Waals surface area contributed by atoms with Gasteiger partial charge in [-0.1, -0.05) is 31.2 Å². The first-order valence-electron chi connectivity index (χ1n) is 11.5. The summed E-state index contributed by atoms with van der Waals surface area (Å²) in [6.07, 6.45) is 6.67. The molecule has 0 atom stereocenters. The molecule has 35 heavy (non-hydrogen) atoms. The van der Waals surface area contributed by atoms with Crippen LogP contribution < -0.4 is 30.4 Å². The molecule has 0 aliphatic heterocycles. The molecule has 0 saturated carbocycles. The highest BCUT2D eigenvalue weighted by atomic mass is 16.5. The average Bonchev–Trinajstić information content (AvgIpc) is 2.87. The van der Waals surface area contributed by atoms with Crippen LogP contribution in [0.1, 0.15) is 30.9 Å². The van der Waals surface area contributed by atoms with Crippen LogP contribution >= 0.6 is 0 Å². The number of rotatable bonds is 16. The van der Waals surface area contributed by atoms with Gasteiger partial charge < -0.3 is 30.4 Å². The van der Waals surface area contributed by atoms with Gasteiger partial charge in [-0.05, 0) is 54.0 Å².